The number of amides is 1. The SMILES string of the molecule is O=C(NCCNP(Oc1ccccc1)Oc1ccccc1)c1ccccc1O. The largest absolute Gasteiger partial charge is 0.507 e. The van der Waals surface area contributed by atoms with Gasteiger partial charge in [-0.05, 0) is 36.4 Å². The van der Waals surface area contributed by atoms with Crippen LogP contribution in [-0.4, -0.2) is 24.1 Å². The van der Waals surface area contributed by atoms with Crippen LogP contribution in [0.2, 0.25) is 0 Å². The molecule has 3 rings (SSSR count). The van der Waals surface area contributed by atoms with Gasteiger partial charge in [0, 0.05) is 13.1 Å². The number of nitrogens with one attached hydrogen (secondary N) is 2. The maximum atomic E-state index is 12.1. The smallest absolute Gasteiger partial charge is 0.381 e. The van der Waals surface area contributed by atoms with Gasteiger partial charge in [-0.15, -0.1) is 0 Å². The third kappa shape index (κ3) is 5.98. The quantitative estimate of drug-likeness (QED) is 0.375. The number of phenolic OH excluding ortho intramolecular Hbond substituents is 1. The molecule has 3 aromatic rings. The third-order valence-electron chi connectivity index (χ3n) is 3.66. The van der Waals surface area contributed by atoms with Crippen LogP contribution in [0.1, 0.15) is 10.4 Å². The maximum Gasteiger partial charge on any atom is 0.381 e. The average molecular weight is 396 g/mol. The lowest BCUT2D eigenvalue weighted by atomic mass is 10.2. The van der Waals surface area contributed by atoms with Crippen molar-refractivity contribution in [1.29, 1.82) is 0 Å². The minimum atomic E-state index is -1.46. The van der Waals surface area contributed by atoms with Gasteiger partial charge >= 0.3 is 8.53 Å². The van der Waals surface area contributed by atoms with Crippen molar-refractivity contribution in [2.24, 2.45) is 0 Å². The van der Waals surface area contributed by atoms with E-state index in [1.54, 1.807) is 18.2 Å². The summed E-state index contributed by atoms with van der Waals surface area (Å²) in [5.41, 5.74) is 0.242. The Bertz CT molecular complexity index is 836. The van der Waals surface area contributed by atoms with Gasteiger partial charge in [0.25, 0.3) is 5.91 Å². The molecule has 0 heterocycles. The van der Waals surface area contributed by atoms with Crippen molar-refractivity contribution < 1.29 is 18.9 Å². The van der Waals surface area contributed by atoms with E-state index < -0.39 is 8.53 Å². The Morgan fingerprint density at radius 2 is 1.32 bits per heavy atom. The number of rotatable bonds is 9. The normalized spacial score (nSPS) is 10.5. The van der Waals surface area contributed by atoms with E-state index in [1.807, 2.05) is 60.7 Å². The molecule has 3 aromatic carbocycles. The second kappa shape index (κ2) is 10.3. The van der Waals surface area contributed by atoms with Crippen LogP contribution in [-0.2, 0) is 0 Å². The molecule has 3 N–H and O–H groups in total. The van der Waals surface area contributed by atoms with Crippen LogP contribution in [0.5, 0.6) is 17.2 Å². The molecule has 0 bridgehead atoms. The van der Waals surface area contributed by atoms with E-state index in [1.165, 1.54) is 6.07 Å². The molecule has 0 aromatic heterocycles. The molecule has 0 unspecified atom stereocenters. The summed E-state index contributed by atoms with van der Waals surface area (Å²) in [7, 11) is -1.46. The molecule has 0 atom stereocenters. The number of carbonyl (C=O) groups is 1. The summed E-state index contributed by atoms with van der Waals surface area (Å²) in [5.74, 6) is 0.998. The van der Waals surface area contributed by atoms with Gasteiger partial charge in [0.05, 0.1) is 5.56 Å². The molecule has 144 valence electrons. The molecule has 0 aliphatic carbocycles. The third-order valence-corrected chi connectivity index (χ3v) is 4.90. The molecule has 7 heteroatoms. The van der Waals surface area contributed by atoms with Gasteiger partial charge in [-0.1, -0.05) is 48.5 Å². The molecule has 0 aliphatic heterocycles. The Morgan fingerprint density at radius 3 is 1.89 bits per heavy atom. The summed E-state index contributed by atoms with van der Waals surface area (Å²) in [4.78, 5) is 12.1. The van der Waals surface area contributed by atoms with Gasteiger partial charge in [0.2, 0.25) is 0 Å². The number of hydrogen-bond acceptors (Lipinski definition) is 5. The lowest BCUT2D eigenvalue weighted by Crippen LogP contribution is -2.31. The van der Waals surface area contributed by atoms with Crippen molar-refractivity contribution in [3.8, 4) is 17.2 Å². The Hall–Kier alpha value is -3.08. The molecule has 0 aliphatic rings. The first kappa shape index (κ1) is 19.7. The van der Waals surface area contributed by atoms with Crippen molar-refractivity contribution >= 4 is 14.4 Å². The van der Waals surface area contributed by atoms with Crippen LogP contribution in [0.15, 0.2) is 84.9 Å². The van der Waals surface area contributed by atoms with E-state index in [2.05, 4.69) is 10.4 Å². The van der Waals surface area contributed by atoms with E-state index in [4.69, 9.17) is 9.05 Å². The number of benzene rings is 3. The summed E-state index contributed by atoms with van der Waals surface area (Å²) < 4.78 is 11.8. The molecule has 28 heavy (non-hydrogen) atoms. The monoisotopic (exact) mass is 396 g/mol. The first-order chi connectivity index (χ1) is 13.7. The van der Waals surface area contributed by atoms with Gasteiger partial charge in [0.1, 0.15) is 17.2 Å². The second-order valence-corrected chi connectivity index (χ2v) is 6.94. The second-order valence-electron chi connectivity index (χ2n) is 5.75. The number of aromatic hydroxyl groups is 1. The Kier molecular flexibility index (Phi) is 7.24. The van der Waals surface area contributed by atoms with E-state index in [0.717, 1.165) is 0 Å². The Balaban J connectivity index is 1.53. The van der Waals surface area contributed by atoms with Crippen LogP contribution in [0.3, 0.4) is 0 Å². The zero-order chi connectivity index (χ0) is 19.6. The molecule has 0 saturated heterocycles. The predicted molar refractivity (Wildman–Crippen MR) is 110 cm³/mol. The molecule has 0 radical (unpaired) electrons. The number of hydrogen-bond donors (Lipinski definition) is 3. The van der Waals surface area contributed by atoms with Crippen LogP contribution < -0.4 is 19.5 Å². The highest BCUT2D eigenvalue weighted by Gasteiger charge is 2.15. The van der Waals surface area contributed by atoms with Gasteiger partial charge in [-0.3, -0.25) is 4.79 Å². The average Bonchev–Trinajstić information content (AvgIpc) is 2.73. The maximum absolute atomic E-state index is 12.1. The summed E-state index contributed by atoms with van der Waals surface area (Å²) >= 11 is 0. The Morgan fingerprint density at radius 1 is 0.786 bits per heavy atom. The van der Waals surface area contributed by atoms with Gasteiger partial charge in [-0.25, -0.2) is 5.09 Å². The van der Waals surface area contributed by atoms with E-state index in [0.29, 0.717) is 24.6 Å². The topological polar surface area (TPSA) is 79.8 Å². The minimum Gasteiger partial charge on any atom is -0.507 e. The van der Waals surface area contributed by atoms with Gasteiger partial charge in [0.15, 0.2) is 0 Å². The van der Waals surface area contributed by atoms with Crippen molar-refractivity contribution in [3.05, 3.63) is 90.5 Å². The number of carbonyl (C=O) groups excluding carboxylic acids is 1. The minimum absolute atomic E-state index is 0.0463. The zero-order valence-electron chi connectivity index (χ0n) is 15.1. The number of phenols is 1. The van der Waals surface area contributed by atoms with Crippen molar-refractivity contribution in [2.75, 3.05) is 13.1 Å². The van der Waals surface area contributed by atoms with E-state index >= 15 is 0 Å². The summed E-state index contributed by atoms with van der Waals surface area (Å²) in [6.07, 6.45) is 0. The highest BCUT2D eigenvalue weighted by atomic mass is 31.2. The van der Waals surface area contributed by atoms with Crippen LogP contribution in [0, 0.1) is 0 Å². The van der Waals surface area contributed by atoms with E-state index in [-0.39, 0.29) is 17.2 Å². The van der Waals surface area contributed by atoms with Crippen molar-refractivity contribution in [1.82, 2.24) is 10.4 Å². The fourth-order valence-electron chi connectivity index (χ4n) is 2.32. The van der Waals surface area contributed by atoms with Crippen LogP contribution in [0.4, 0.5) is 0 Å². The highest BCUT2D eigenvalue weighted by molar-refractivity contribution is 7.45. The summed E-state index contributed by atoms with van der Waals surface area (Å²) in [6, 6.07) is 25.2. The lowest BCUT2D eigenvalue weighted by Gasteiger charge is -2.19. The Labute approximate surface area is 165 Å². The first-order valence-corrected chi connectivity index (χ1v) is 9.96. The van der Waals surface area contributed by atoms with Gasteiger partial charge in [-0.2, -0.15) is 0 Å². The molecule has 6 nitrogen and oxygen atoms in total. The lowest BCUT2D eigenvalue weighted by molar-refractivity contribution is 0.0951. The fraction of sp³-hybridized carbons (Fsp3) is 0.0952. The molecule has 0 saturated carbocycles. The standard InChI is InChI=1S/C21H21N2O4P/c24-20-14-8-7-13-19(20)21(25)22-15-16-23-28(26-17-9-3-1-4-10-17)27-18-11-5-2-6-12-18/h1-14,23-24H,15-16H2,(H,22,25). The fourth-order valence-corrected chi connectivity index (χ4v) is 3.41. The molecule has 0 spiro atoms. The van der Waals surface area contributed by atoms with Crippen molar-refractivity contribution in [2.45, 2.75) is 0 Å². The molecular formula is C21H21N2O4P. The zero-order valence-corrected chi connectivity index (χ0v) is 16.0. The van der Waals surface area contributed by atoms with Gasteiger partial charge < -0.3 is 19.5 Å². The number of para-hydroxylation sites is 3. The molecule has 1 amide bonds. The van der Waals surface area contributed by atoms with Crippen molar-refractivity contribution in [3.63, 3.8) is 0 Å². The predicted octanol–water partition coefficient (Wildman–Crippen LogP) is 4.10. The van der Waals surface area contributed by atoms with Crippen LogP contribution >= 0.6 is 8.53 Å². The van der Waals surface area contributed by atoms with E-state index in [9.17, 15) is 9.90 Å². The molecular weight excluding hydrogens is 375 g/mol. The first-order valence-electron chi connectivity index (χ1n) is 8.78. The summed E-state index contributed by atoms with van der Waals surface area (Å²) in [6.45, 7) is 0.785. The van der Waals surface area contributed by atoms with Crippen LogP contribution in [0.25, 0.3) is 0 Å². The highest BCUT2D eigenvalue weighted by Crippen LogP contribution is 2.36. The molecule has 0 fully saturated rings. The summed E-state index contributed by atoms with van der Waals surface area (Å²) in [5, 5.41) is 15.7.